The van der Waals surface area contributed by atoms with Crippen LogP contribution in [0.3, 0.4) is 0 Å². The van der Waals surface area contributed by atoms with Crippen LogP contribution in [-0.4, -0.2) is 0 Å². The quantitative estimate of drug-likeness (QED) is 0.181. The minimum atomic E-state index is -0.742. The molecule has 1 nitrogen and oxygen atoms in total. The monoisotopic (exact) mass is 611 g/mol. The maximum atomic E-state index is 9.51. The maximum absolute atomic E-state index is 9.51. The third-order valence-corrected chi connectivity index (χ3v) is 8.75. The van der Waals surface area contributed by atoms with Crippen molar-refractivity contribution in [3.8, 4) is 33.4 Å². The van der Waals surface area contributed by atoms with E-state index in [2.05, 4.69) is 0 Å². The molecule has 0 fully saturated rings. The zero-order valence-electron chi connectivity index (χ0n) is 39.4. The minimum Gasteiger partial charge on any atom is -0.455 e. The number of rotatable bonds is 3. The van der Waals surface area contributed by atoms with Crippen molar-refractivity contribution in [1.29, 1.82) is 0 Å². The van der Waals surface area contributed by atoms with Crippen LogP contribution in [0.15, 0.2) is 174 Å². The van der Waals surface area contributed by atoms with Gasteiger partial charge in [-0.05, 0) is 89.3 Å². The molecule has 0 saturated heterocycles. The molecule has 218 valence electrons. The van der Waals surface area contributed by atoms with E-state index in [1.165, 1.54) is 0 Å². The summed E-state index contributed by atoms with van der Waals surface area (Å²) in [5.74, 6) is 0. The van der Waals surface area contributed by atoms with E-state index in [-0.39, 0.29) is 32.7 Å². The van der Waals surface area contributed by atoms with Gasteiger partial charge in [0.2, 0.25) is 0 Å². The first-order chi connectivity index (χ1) is 29.6. The molecule has 0 N–H and O–H groups in total. The summed E-state index contributed by atoms with van der Waals surface area (Å²) in [6, 6.07) is 14.2. The van der Waals surface area contributed by atoms with Crippen LogP contribution in [0.5, 0.6) is 0 Å². The van der Waals surface area contributed by atoms with Crippen molar-refractivity contribution in [2.45, 2.75) is 0 Å². The lowest BCUT2D eigenvalue weighted by atomic mass is 9.83. The Morgan fingerprint density at radius 2 is 1.04 bits per heavy atom. The van der Waals surface area contributed by atoms with Gasteiger partial charge in [-0.3, -0.25) is 0 Å². The lowest BCUT2D eigenvalue weighted by Gasteiger charge is -2.20. The van der Waals surface area contributed by atoms with Gasteiger partial charge in [0.05, 0.1) is 20.6 Å². The minimum absolute atomic E-state index is 0.0236. The molecule has 0 spiro atoms. The van der Waals surface area contributed by atoms with Crippen LogP contribution in [0.2, 0.25) is 0 Å². The van der Waals surface area contributed by atoms with Crippen molar-refractivity contribution in [1.82, 2.24) is 0 Å². The molecule has 0 bridgehead atoms. The molecule has 1 heteroatoms. The van der Waals surface area contributed by atoms with E-state index in [4.69, 9.17) is 16.8 Å². The topological polar surface area (TPSA) is 13.1 Å². The first-order valence-corrected chi connectivity index (χ1v) is 15.0. The predicted molar refractivity (Wildman–Crippen MR) is 200 cm³/mol. The fourth-order valence-electron chi connectivity index (χ4n) is 6.76. The van der Waals surface area contributed by atoms with Gasteiger partial charge in [-0.15, -0.1) is 0 Å². The van der Waals surface area contributed by atoms with Gasteiger partial charge in [-0.2, -0.15) is 0 Å². The lowest BCUT2D eigenvalue weighted by Crippen LogP contribution is -1.93. The van der Waals surface area contributed by atoms with E-state index in [1.807, 2.05) is 54.6 Å². The van der Waals surface area contributed by atoms with Crippen molar-refractivity contribution in [2.75, 3.05) is 0 Å². The summed E-state index contributed by atoms with van der Waals surface area (Å²) in [5.41, 5.74) is 1.88. The van der Waals surface area contributed by atoms with E-state index in [1.54, 1.807) is 24.3 Å². The molecule has 10 rings (SSSR count). The highest BCUT2D eigenvalue weighted by Crippen LogP contribution is 2.48. The summed E-state index contributed by atoms with van der Waals surface area (Å²) < 4.78 is 142. The normalized spacial score (nSPS) is 16.3. The Labute approximate surface area is 293 Å². The molecule has 0 atom stereocenters. The molecule has 0 aliphatic carbocycles. The lowest BCUT2D eigenvalue weighted by molar-refractivity contribution is 0.673. The summed E-state index contributed by atoms with van der Waals surface area (Å²) >= 11 is 0. The highest BCUT2D eigenvalue weighted by molar-refractivity contribution is 6.24. The maximum Gasteiger partial charge on any atom is 0.143 e. The van der Waals surface area contributed by atoms with Crippen molar-refractivity contribution >= 4 is 65.0 Å². The van der Waals surface area contributed by atoms with Crippen LogP contribution in [0, 0.1) is 0 Å². The van der Waals surface area contributed by atoms with E-state index in [9.17, 15) is 8.22 Å². The summed E-state index contributed by atoms with van der Waals surface area (Å²) in [5, 5.41) is 1.56. The van der Waals surface area contributed by atoms with Crippen molar-refractivity contribution < 1.29 is 25.0 Å². The van der Waals surface area contributed by atoms with E-state index in [0.717, 1.165) is 21.5 Å². The standard InChI is InChI=1S/C46H28O/c1-2-14-31-28-32(25-24-29(31)12-1)43-37-18-7-9-20-39(37)44(40-21-10-8-19-38(40)43)35-17-6-5-16-34(35)36-22-11-23-42-45(36)41-27-26-30-13-3-4-15-33(30)46(41)47-42/h1-28H/i1D,2D,7D,8D,9D,10D,12D,14D,18D,19D,20D,21D,24D,25D,28D. The second-order valence-corrected chi connectivity index (χ2v) is 11.2. The van der Waals surface area contributed by atoms with Crippen LogP contribution in [0.1, 0.15) is 20.6 Å². The Morgan fingerprint density at radius 1 is 0.404 bits per heavy atom. The average molecular weight is 612 g/mol. The summed E-state index contributed by atoms with van der Waals surface area (Å²) in [6.45, 7) is 0. The van der Waals surface area contributed by atoms with Crippen LogP contribution in [0.25, 0.3) is 98.4 Å². The first-order valence-electron chi connectivity index (χ1n) is 22.5. The summed E-state index contributed by atoms with van der Waals surface area (Å²) in [6.07, 6.45) is 0. The largest absolute Gasteiger partial charge is 0.455 e. The number of furan rings is 1. The molecule has 0 unspecified atom stereocenters. The Hall–Kier alpha value is -6.18. The van der Waals surface area contributed by atoms with Crippen molar-refractivity contribution in [3.63, 3.8) is 0 Å². The fraction of sp³-hybridized carbons (Fsp3) is 0. The van der Waals surface area contributed by atoms with Gasteiger partial charge in [0.1, 0.15) is 11.2 Å². The molecule has 0 aliphatic rings. The molecule has 0 amide bonds. The van der Waals surface area contributed by atoms with E-state index in [0.29, 0.717) is 27.9 Å². The zero-order chi connectivity index (χ0) is 44.0. The first kappa shape index (κ1) is 15.4. The van der Waals surface area contributed by atoms with Crippen molar-refractivity contribution in [3.05, 3.63) is 169 Å². The van der Waals surface area contributed by atoms with Crippen molar-refractivity contribution in [2.24, 2.45) is 0 Å². The molecule has 10 aromatic rings. The predicted octanol–water partition coefficient (Wildman–Crippen LogP) is 13.2. The molecular formula is C46H28O. The van der Waals surface area contributed by atoms with Crippen LogP contribution < -0.4 is 0 Å². The highest BCUT2D eigenvalue weighted by Gasteiger charge is 2.21. The number of benzene rings is 9. The van der Waals surface area contributed by atoms with Gasteiger partial charge < -0.3 is 4.42 Å². The Morgan fingerprint density at radius 3 is 1.83 bits per heavy atom. The molecule has 0 radical (unpaired) electrons. The second-order valence-electron chi connectivity index (χ2n) is 11.2. The number of hydrogen-bond acceptors (Lipinski definition) is 1. The molecule has 0 aliphatic heterocycles. The Balaban J connectivity index is 1.45. The number of hydrogen-bond donors (Lipinski definition) is 0. The van der Waals surface area contributed by atoms with Gasteiger partial charge in [-0.1, -0.05) is 151 Å². The summed E-state index contributed by atoms with van der Waals surface area (Å²) in [7, 11) is 0. The third kappa shape index (κ3) is 3.90. The van der Waals surface area contributed by atoms with E-state index < -0.39 is 107 Å². The van der Waals surface area contributed by atoms with Gasteiger partial charge in [0.15, 0.2) is 0 Å². The molecule has 0 saturated carbocycles. The fourth-order valence-corrected chi connectivity index (χ4v) is 6.76. The highest BCUT2D eigenvalue weighted by atomic mass is 16.3. The average Bonchev–Trinajstić information content (AvgIpc) is 3.67. The molecular weight excluding hydrogens is 569 g/mol. The molecule has 9 aromatic carbocycles. The molecule has 1 aromatic heterocycles. The zero-order valence-corrected chi connectivity index (χ0v) is 24.4. The number of fused-ring (bicyclic) bond motifs is 8. The summed E-state index contributed by atoms with van der Waals surface area (Å²) in [4.78, 5) is 0. The van der Waals surface area contributed by atoms with Crippen LogP contribution in [0.4, 0.5) is 0 Å². The second kappa shape index (κ2) is 10.2. The van der Waals surface area contributed by atoms with E-state index >= 15 is 0 Å². The van der Waals surface area contributed by atoms with Crippen LogP contribution in [-0.2, 0) is 0 Å². The van der Waals surface area contributed by atoms with Gasteiger partial charge in [0, 0.05) is 16.2 Å². The van der Waals surface area contributed by atoms with Gasteiger partial charge in [-0.25, -0.2) is 0 Å². The Bertz CT molecular complexity index is 3620. The smallest absolute Gasteiger partial charge is 0.143 e. The van der Waals surface area contributed by atoms with Gasteiger partial charge >= 0.3 is 0 Å². The third-order valence-electron chi connectivity index (χ3n) is 8.75. The molecule has 1 heterocycles. The molecule has 47 heavy (non-hydrogen) atoms. The Kier molecular flexibility index (Phi) is 3.33. The van der Waals surface area contributed by atoms with Gasteiger partial charge in [0.25, 0.3) is 0 Å². The van der Waals surface area contributed by atoms with Crippen LogP contribution >= 0.6 is 0 Å². The SMILES string of the molecule is [2H]c1c([2H])c([2H])c2c([2H])c(-c3c4c([2H])c([2H])c([2H])c([2H])c4c(-c4ccccc4-c4cccc5oc6c7ccccc7ccc6c45)c4c([2H])c([2H])c([2H])c([2H])c34)c([2H])c([2H])c2c1[2H].